The Balaban J connectivity index is 1.47. The van der Waals surface area contributed by atoms with E-state index in [0.717, 1.165) is 0 Å². The van der Waals surface area contributed by atoms with Crippen molar-refractivity contribution in [2.24, 2.45) is 10.1 Å². The van der Waals surface area contributed by atoms with Gasteiger partial charge in [0.05, 0.1) is 12.7 Å². The smallest absolute Gasteiger partial charge is 0.441 e. The lowest BCUT2D eigenvalue weighted by atomic mass is 10.1. The predicted molar refractivity (Wildman–Crippen MR) is 121 cm³/mol. The van der Waals surface area contributed by atoms with Crippen molar-refractivity contribution in [1.82, 2.24) is 5.01 Å². The van der Waals surface area contributed by atoms with Crippen LogP contribution in [0.15, 0.2) is 64.2 Å². The summed E-state index contributed by atoms with van der Waals surface area (Å²) in [6.45, 7) is 0.553. The average Bonchev–Trinajstić information content (AvgIpc) is 3.25. The van der Waals surface area contributed by atoms with Gasteiger partial charge in [-0.3, -0.25) is 10.2 Å². The average molecular weight is 490 g/mol. The van der Waals surface area contributed by atoms with Crippen LogP contribution < -0.4 is 14.2 Å². The molecule has 1 N–H and O–H groups in total. The zero-order chi connectivity index (χ0) is 24.3. The van der Waals surface area contributed by atoms with Gasteiger partial charge in [0, 0.05) is 0 Å². The van der Waals surface area contributed by atoms with E-state index in [9.17, 15) is 18.0 Å². The van der Waals surface area contributed by atoms with Gasteiger partial charge in [-0.1, -0.05) is 24.3 Å². The van der Waals surface area contributed by atoms with Gasteiger partial charge in [0.1, 0.15) is 19.0 Å². The molecule has 2 aliphatic heterocycles. The molecule has 34 heavy (non-hydrogen) atoms. The van der Waals surface area contributed by atoms with E-state index in [-0.39, 0.29) is 29.1 Å². The maximum absolute atomic E-state index is 13.0. The van der Waals surface area contributed by atoms with Crippen LogP contribution in [0.4, 0.5) is 13.2 Å². The van der Waals surface area contributed by atoms with Gasteiger partial charge in [0.2, 0.25) is 10.2 Å². The largest absolute Gasteiger partial charge is 0.493 e. The Kier molecular flexibility index (Phi) is 6.59. The van der Waals surface area contributed by atoms with Crippen LogP contribution in [-0.2, 0) is 4.79 Å². The highest BCUT2D eigenvalue weighted by Crippen LogP contribution is 2.36. The second-order valence-electron chi connectivity index (χ2n) is 6.84. The number of para-hydroxylation sites is 1. The third-order valence-corrected chi connectivity index (χ3v) is 5.50. The van der Waals surface area contributed by atoms with Crippen LogP contribution in [-0.4, -0.2) is 53.5 Å². The fourth-order valence-corrected chi connectivity index (χ4v) is 3.75. The van der Waals surface area contributed by atoms with Crippen molar-refractivity contribution in [2.75, 3.05) is 20.3 Å². The monoisotopic (exact) mass is 490 g/mol. The number of benzene rings is 2. The van der Waals surface area contributed by atoms with Crippen LogP contribution in [0.5, 0.6) is 17.2 Å². The molecule has 0 bridgehead atoms. The predicted octanol–water partition coefficient (Wildman–Crippen LogP) is 4.33. The fourth-order valence-electron chi connectivity index (χ4n) is 2.99. The number of carbonyl (C=O) groups is 1. The van der Waals surface area contributed by atoms with Gasteiger partial charge in [-0.2, -0.15) is 28.3 Å². The zero-order valence-electron chi connectivity index (χ0n) is 17.6. The lowest BCUT2D eigenvalue weighted by Gasteiger charge is -2.20. The standard InChI is InChI=1S/C22H17F3N4O4S/c1-31-17-12-13(7-8-16(17)33-10-9-32-14-5-3-2-4-6-14)11-15-18(26)29-21(27-19(15)30)34-20(28-29)22(23,24)25/h2-8,11-12,26H,9-10H2,1H3. The summed E-state index contributed by atoms with van der Waals surface area (Å²) in [5.74, 6) is 0.177. The minimum atomic E-state index is -4.70. The lowest BCUT2D eigenvalue weighted by Crippen LogP contribution is -2.35. The second-order valence-corrected chi connectivity index (χ2v) is 7.80. The van der Waals surface area contributed by atoms with E-state index in [2.05, 4.69) is 10.1 Å². The van der Waals surface area contributed by atoms with Gasteiger partial charge in [-0.05, 0) is 47.7 Å². The molecule has 2 aliphatic rings. The number of hydrogen-bond acceptors (Lipinski definition) is 7. The Bertz CT molecular complexity index is 1210. The molecule has 0 atom stereocenters. The van der Waals surface area contributed by atoms with Crippen LogP contribution in [0.1, 0.15) is 5.56 Å². The third-order valence-electron chi connectivity index (χ3n) is 4.55. The van der Waals surface area contributed by atoms with Crippen molar-refractivity contribution >= 4 is 39.8 Å². The maximum Gasteiger partial charge on any atom is 0.441 e. The molecular formula is C22H17F3N4O4S. The molecule has 0 spiro atoms. The number of hydrazone groups is 1. The first-order valence-corrected chi connectivity index (χ1v) is 10.6. The number of alkyl halides is 3. The number of methoxy groups -OCH3 is 1. The number of nitrogens with zero attached hydrogens (tertiary/aromatic N) is 3. The van der Waals surface area contributed by atoms with E-state index in [4.69, 9.17) is 19.6 Å². The highest BCUT2D eigenvalue weighted by Gasteiger charge is 2.46. The Morgan fingerprint density at radius 3 is 2.53 bits per heavy atom. The quantitative estimate of drug-likeness (QED) is 0.458. The van der Waals surface area contributed by atoms with Crippen molar-refractivity contribution in [1.29, 1.82) is 5.41 Å². The van der Waals surface area contributed by atoms with E-state index < -0.39 is 23.0 Å². The second kappa shape index (κ2) is 9.59. The number of hydrogen-bond donors (Lipinski definition) is 1. The molecule has 0 radical (unpaired) electrons. The fraction of sp³-hybridized carbons (Fsp3) is 0.182. The summed E-state index contributed by atoms with van der Waals surface area (Å²) in [7, 11) is 1.44. The van der Waals surface area contributed by atoms with Gasteiger partial charge in [0.25, 0.3) is 5.91 Å². The van der Waals surface area contributed by atoms with Crippen molar-refractivity contribution in [3.05, 3.63) is 59.7 Å². The Morgan fingerprint density at radius 1 is 1.09 bits per heavy atom. The summed E-state index contributed by atoms with van der Waals surface area (Å²) in [5, 5.41) is 10.8. The molecule has 0 aliphatic carbocycles. The van der Waals surface area contributed by atoms with Gasteiger partial charge in [0.15, 0.2) is 17.3 Å². The van der Waals surface area contributed by atoms with Crippen molar-refractivity contribution in [3.8, 4) is 17.2 Å². The molecule has 2 heterocycles. The number of thioether (sulfide) groups is 1. The van der Waals surface area contributed by atoms with E-state index >= 15 is 0 Å². The first-order valence-electron chi connectivity index (χ1n) is 9.82. The molecule has 0 saturated heterocycles. The minimum Gasteiger partial charge on any atom is -0.493 e. The number of fused-ring (bicyclic) bond motifs is 1. The molecule has 8 nitrogen and oxygen atoms in total. The number of halogens is 3. The molecule has 2 aromatic rings. The van der Waals surface area contributed by atoms with Gasteiger partial charge >= 0.3 is 6.18 Å². The third kappa shape index (κ3) is 5.06. The number of aliphatic imine (C=N–C) groups is 1. The maximum atomic E-state index is 13.0. The van der Waals surface area contributed by atoms with Crippen molar-refractivity contribution in [3.63, 3.8) is 0 Å². The van der Waals surface area contributed by atoms with Crippen LogP contribution in [0, 0.1) is 5.41 Å². The number of rotatable bonds is 7. The molecule has 2 aromatic carbocycles. The van der Waals surface area contributed by atoms with E-state index in [1.807, 2.05) is 30.3 Å². The first kappa shape index (κ1) is 23.4. The van der Waals surface area contributed by atoms with Crippen molar-refractivity contribution in [2.45, 2.75) is 6.18 Å². The highest BCUT2D eigenvalue weighted by molar-refractivity contribution is 8.27. The van der Waals surface area contributed by atoms with Crippen LogP contribution in [0.2, 0.25) is 0 Å². The molecule has 0 saturated carbocycles. The van der Waals surface area contributed by atoms with Crippen LogP contribution in [0.25, 0.3) is 6.08 Å². The molecule has 176 valence electrons. The lowest BCUT2D eigenvalue weighted by molar-refractivity contribution is -0.114. The summed E-state index contributed by atoms with van der Waals surface area (Å²) in [6, 6.07) is 14.1. The normalized spacial score (nSPS) is 16.8. The number of amidine groups is 2. The minimum absolute atomic E-state index is 0.199. The number of ether oxygens (including phenoxy) is 3. The van der Waals surface area contributed by atoms with Crippen molar-refractivity contribution < 1.29 is 32.2 Å². The van der Waals surface area contributed by atoms with Crippen LogP contribution >= 0.6 is 11.8 Å². The summed E-state index contributed by atoms with van der Waals surface area (Å²) in [6.07, 6.45) is -3.37. The summed E-state index contributed by atoms with van der Waals surface area (Å²) in [5.41, 5.74) is 0.256. The summed E-state index contributed by atoms with van der Waals surface area (Å²) >= 11 is 0.199. The summed E-state index contributed by atoms with van der Waals surface area (Å²) in [4.78, 5) is 16.0. The highest BCUT2D eigenvalue weighted by atomic mass is 32.2. The zero-order valence-corrected chi connectivity index (χ0v) is 18.4. The summed E-state index contributed by atoms with van der Waals surface area (Å²) < 4.78 is 55.5. The van der Waals surface area contributed by atoms with Crippen LogP contribution in [0.3, 0.4) is 0 Å². The number of nitrogens with one attached hydrogen (secondary N) is 1. The topological polar surface area (TPSA) is 96.6 Å². The molecule has 4 rings (SSSR count). The molecule has 1 amide bonds. The SMILES string of the molecule is COc1cc(C=C2C(=N)N3N=C(C(F)(F)F)SC3=NC2=O)ccc1OCCOc1ccccc1. The van der Waals surface area contributed by atoms with E-state index in [1.165, 1.54) is 13.2 Å². The Morgan fingerprint density at radius 2 is 1.82 bits per heavy atom. The molecule has 0 fully saturated rings. The number of amides is 1. The van der Waals surface area contributed by atoms with E-state index in [1.54, 1.807) is 18.2 Å². The number of carbonyl (C=O) groups excluding carboxylic acids is 1. The molecular weight excluding hydrogens is 473 g/mol. The molecule has 12 heteroatoms. The Labute approximate surface area is 196 Å². The Hall–Kier alpha value is -3.80. The van der Waals surface area contributed by atoms with E-state index in [0.29, 0.717) is 34.4 Å². The van der Waals surface area contributed by atoms with Gasteiger partial charge in [-0.25, -0.2) is 0 Å². The van der Waals surface area contributed by atoms with Gasteiger partial charge < -0.3 is 14.2 Å². The van der Waals surface area contributed by atoms with Gasteiger partial charge in [-0.15, -0.1) is 0 Å². The molecule has 0 aromatic heterocycles. The first-order chi connectivity index (χ1) is 16.3. The molecule has 0 unspecified atom stereocenters.